The van der Waals surface area contributed by atoms with Crippen molar-refractivity contribution in [3.05, 3.63) is 70.1 Å². The van der Waals surface area contributed by atoms with Crippen molar-refractivity contribution in [1.82, 2.24) is 14.8 Å². The molecule has 0 aliphatic rings. The predicted molar refractivity (Wildman–Crippen MR) is 110 cm³/mol. The average Bonchev–Trinajstić information content (AvgIpc) is 2.56. The lowest BCUT2D eigenvalue weighted by Gasteiger charge is -2.18. The molecule has 0 aliphatic carbocycles. The first-order valence-corrected chi connectivity index (χ1v) is 7.79. The van der Waals surface area contributed by atoms with Crippen LogP contribution in [0.15, 0.2) is 58.4 Å². The molecule has 2 rings (SSSR count). The molecular formula is C18H25IN4O. The lowest BCUT2D eigenvalue weighted by atomic mass is 10.2. The number of aliphatic imine (C=N–C) groups is 1. The Morgan fingerprint density at radius 3 is 2.50 bits per heavy atom. The highest BCUT2D eigenvalue weighted by Gasteiger charge is 2.05. The van der Waals surface area contributed by atoms with Crippen molar-refractivity contribution >= 4 is 29.9 Å². The van der Waals surface area contributed by atoms with E-state index in [4.69, 9.17) is 0 Å². The van der Waals surface area contributed by atoms with E-state index in [0.717, 1.165) is 17.1 Å². The van der Waals surface area contributed by atoms with Crippen molar-refractivity contribution in [2.75, 3.05) is 14.1 Å². The summed E-state index contributed by atoms with van der Waals surface area (Å²) in [6.07, 6.45) is 1.81. The van der Waals surface area contributed by atoms with Gasteiger partial charge in [-0.2, -0.15) is 0 Å². The predicted octanol–water partition coefficient (Wildman–Crippen LogP) is 2.69. The first kappa shape index (κ1) is 20.2. The van der Waals surface area contributed by atoms with Gasteiger partial charge in [0.15, 0.2) is 5.96 Å². The van der Waals surface area contributed by atoms with E-state index in [1.807, 2.05) is 74.6 Å². The summed E-state index contributed by atoms with van der Waals surface area (Å²) in [5, 5.41) is 3.26. The number of benzene rings is 1. The van der Waals surface area contributed by atoms with Crippen molar-refractivity contribution in [3.63, 3.8) is 0 Å². The van der Waals surface area contributed by atoms with Gasteiger partial charge in [0.25, 0.3) is 5.56 Å². The molecule has 2 aromatic rings. The van der Waals surface area contributed by atoms with Crippen LogP contribution in [0, 0.1) is 0 Å². The van der Waals surface area contributed by atoms with Gasteiger partial charge in [0.1, 0.15) is 0 Å². The van der Waals surface area contributed by atoms with Crippen molar-refractivity contribution < 1.29 is 0 Å². The summed E-state index contributed by atoms with van der Waals surface area (Å²) in [7, 11) is 3.87. The number of hydrogen-bond donors (Lipinski definition) is 1. The van der Waals surface area contributed by atoms with Crippen LogP contribution in [0.25, 0.3) is 0 Å². The number of guanidine groups is 1. The molecule has 0 saturated carbocycles. The van der Waals surface area contributed by atoms with Crippen molar-refractivity contribution in [2.24, 2.45) is 4.99 Å². The number of pyridine rings is 1. The maximum absolute atomic E-state index is 12.2. The van der Waals surface area contributed by atoms with E-state index >= 15 is 0 Å². The number of aryl methyl sites for hydroxylation is 1. The summed E-state index contributed by atoms with van der Waals surface area (Å²) in [5.41, 5.74) is 1.94. The minimum absolute atomic E-state index is 0. The molecular weight excluding hydrogens is 415 g/mol. The molecule has 5 nitrogen and oxygen atoms in total. The Labute approximate surface area is 160 Å². The third kappa shape index (κ3) is 5.67. The van der Waals surface area contributed by atoms with E-state index in [9.17, 15) is 4.79 Å². The van der Waals surface area contributed by atoms with Gasteiger partial charge in [-0.3, -0.25) is 4.79 Å². The Morgan fingerprint density at radius 1 is 1.17 bits per heavy atom. The summed E-state index contributed by atoms with van der Waals surface area (Å²) in [6, 6.07) is 13.9. The topological polar surface area (TPSA) is 49.6 Å². The SMILES string of the molecule is CCn1cccc(CNC(=NCc2ccccc2)N(C)C)c1=O.I. The molecule has 0 unspecified atom stereocenters. The van der Waals surface area contributed by atoms with Gasteiger partial charge in [0, 0.05) is 38.9 Å². The second kappa shape index (κ2) is 10.1. The molecule has 0 radical (unpaired) electrons. The Balaban J connectivity index is 0.00000288. The van der Waals surface area contributed by atoms with Crippen molar-refractivity contribution in [3.8, 4) is 0 Å². The van der Waals surface area contributed by atoms with Gasteiger partial charge in [0.2, 0.25) is 0 Å². The van der Waals surface area contributed by atoms with Crippen LogP contribution in [0.2, 0.25) is 0 Å². The fourth-order valence-corrected chi connectivity index (χ4v) is 2.25. The highest BCUT2D eigenvalue weighted by atomic mass is 127. The minimum Gasteiger partial charge on any atom is -0.352 e. The van der Waals surface area contributed by atoms with Gasteiger partial charge in [-0.1, -0.05) is 36.4 Å². The number of nitrogens with one attached hydrogen (secondary N) is 1. The molecule has 1 heterocycles. The maximum Gasteiger partial charge on any atom is 0.255 e. The standard InChI is InChI=1S/C18H24N4O.HI/c1-4-22-12-8-11-16(17(22)23)14-20-18(21(2)3)19-13-15-9-6-5-7-10-15;/h5-12H,4,13-14H2,1-3H3,(H,19,20);1H. The van der Waals surface area contributed by atoms with E-state index in [1.54, 1.807) is 4.57 Å². The van der Waals surface area contributed by atoms with Crippen LogP contribution in [0.3, 0.4) is 0 Å². The molecule has 130 valence electrons. The van der Waals surface area contributed by atoms with Gasteiger partial charge in [-0.15, -0.1) is 24.0 Å². The van der Waals surface area contributed by atoms with Gasteiger partial charge < -0.3 is 14.8 Å². The number of hydrogen-bond acceptors (Lipinski definition) is 2. The molecule has 0 aliphatic heterocycles. The van der Waals surface area contributed by atoms with Gasteiger partial charge in [0.05, 0.1) is 6.54 Å². The molecule has 24 heavy (non-hydrogen) atoms. The van der Waals surface area contributed by atoms with Gasteiger partial charge >= 0.3 is 0 Å². The van der Waals surface area contributed by atoms with Crippen LogP contribution < -0.4 is 10.9 Å². The lowest BCUT2D eigenvalue weighted by Crippen LogP contribution is -2.37. The normalized spacial score (nSPS) is 10.9. The number of halogens is 1. The Morgan fingerprint density at radius 2 is 1.88 bits per heavy atom. The summed E-state index contributed by atoms with van der Waals surface area (Å²) in [5.74, 6) is 0.764. The van der Waals surface area contributed by atoms with Crippen LogP contribution in [0.1, 0.15) is 18.1 Å². The van der Waals surface area contributed by atoms with Crippen molar-refractivity contribution in [2.45, 2.75) is 26.6 Å². The molecule has 0 saturated heterocycles. The molecule has 0 amide bonds. The zero-order chi connectivity index (χ0) is 16.7. The Hall–Kier alpha value is -1.83. The Bertz CT molecular complexity index is 710. The zero-order valence-electron chi connectivity index (χ0n) is 14.4. The fourth-order valence-electron chi connectivity index (χ4n) is 2.25. The molecule has 0 fully saturated rings. The number of nitrogens with zero attached hydrogens (tertiary/aromatic N) is 3. The fraction of sp³-hybridized carbons (Fsp3) is 0.333. The Kier molecular flexibility index (Phi) is 8.53. The van der Waals surface area contributed by atoms with Crippen LogP contribution in [0.5, 0.6) is 0 Å². The third-order valence-electron chi connectivity index (χ3n) is 3.55. The van der Waals surface area contributed by atoms with E-state index in [0.29, 0.717) is 19.6 Å². The molecule has 6 heteroatoms. The zero-order valence-corrected chi connectivity index (χ0v) is 16.7. The van der Waals surface area contributed by atoms with Crippen LogP contribution in [-0.4, -0.2) is 29.5 Å². The molecule has 1 aromatic carbocycles. The first-order valence-electron chi connectivity index (χ1n) is 7.79. The molecule has 1 aromatic heterocycles. The number of aromatic nitrogens is 1. The lowest BCUT2D eigenvalue weighted by molar-refractivity contribution is 0.577. The van der Waals surface area contributed by atoms with E-state index in [2.05, 4.69) is 10.3 Å². The summed E-state index contributed by atoms with van der Waals surface area (Å²) in [6.45, 7) is 3.71. The van der Waals surface area contributed by atoms with Crippen LogP contribution in [0.4, 0.5) is 0 Å². The second-order valence-electron chi connectivity index (χ2n) is 5.50. The molecule has 0 spiro atoms. The number of rotatable bonds is 5. The maximum atomic E-state index is 12.2. The van der Waals surface area contributed by atoms with E-state index in [1.165, 1.54) is 0 Å². The third-order valence-corrected chi connectivity index (χ3v) is 3.55. The summed E-state index contributed by atoms with van der Waals surface area (Å²) < 4.78 is 1.70. The van der Waals surface area contributed by atoms with Gasteiger partial charge in [-0.25, -0.2) is 4.99 Å². The molecule has 0 atom stereocenters. The smallest absolute Gasteiger partial charge is 0.255 e. The highest BCUT2D eigenvalue weighted by molar-refractivity contribution is 14.0. The highest BCUT2D eigenvalue weighted by Crippen LogP contribution is 2.01. The average molecular weight is 440 g/mol. The van der Waals surface area contributed by atoms with E-state index in [-0.39, 0.29) is 29.5 Å². The van der Waals surface area contributed by atoms with Crippen molar-refractivity contribution in [1.29, 1.82) is 0 Å². The molecule has 1 N–H and O–H groups in total. The quantitative estimate of drug-likeness (QED) is 0.442. The summed E-state index contributed by atoms with van der Waals surface area (Å²) >= 11 is 0. The summed E-state index contributed by atoms with van der Waals surface area (Å²) in [4.78, 5) is 18.8. The van der Waals surface area contributed by atoms with Crippen LogP contribution >= 0.6 is 24.0 Å². The second-order valence-corrected chi connectivity index (χ2v) is 5.50. The van der Waals surface area contributed by atoms with Gasteiger partial charge in [-0.05, 0) is 18.6 Å². The first-order chi connectivity index (χ1) is 11.1. The molecule has 0 bridgehead atoms. The van der Waals surface area contributed by atoms with Crippen LogP contribution in [-0.2, 0) is 19.6 Å². The minimum atomic E-state index is 0. The largest absolute Gasteiger partial charge is 0.352 e. The van der Waals surface area contributed by atoms with E-state index < -0.39 is 0 Å². The monoisotopic (exact) mass is 440 g/mol.